The van der Waals surface area contributed by atoms with Crippen molar-refractivity contribution in [2.45, 2.75) is 11.1 Å². The molecule has 8 nitrogen and oxygen atoms in total. The molecular weight excluding hydrogens is 471 g/mol. The van der Waals surface area contributed by atoms with Gasteiger partial charge < -0.3 is 4.52 Å². The average molecular weight is 482 g/mol. The van der Waals surface area contributed by atoms with Crippen LogP contribution in [0, 0.1) is 0 Å². The van der Waals surface area contributed by atoms with Crippen LogP contribution in [0.3, 0.4) is 0 Å². The van der Waals surface area contributed by atoms with Crippen LogP contribution in [0.1, 0.15) is 5.69 Å². The Morgan fingerprint density at radius 3 is 2.09 bits per heavy atom. The normalized spacial score (nSPS) is 12.2. The lowest BCUT2D eigenvalue weighted by Gasteiger charge is -2.09. The maximum absolute atomic E-state index is 13.4. The number of sulfonamides is 1. The molecule has 13 heteroatoms. The molecule has 0 aliphatic heterocycles. The topological polar surface area (TPSA) is 125 Å². The fraction of sp³-hybridized carbons (Fsp3) is 0.0526. The molecule has 2 N–H and O–H groups in total. The summed E-state index contributed by atoms with van der Waals surface area (Å²) in [5.74, 6) is -0.781. The van der Waals surface area contributed by atoms with Gasteiger partial charge in [0.2, 0.25) is 21.7 Å². The Morgan fingerprint density at radius 1 is 0.875 bits per heavy atom. The Balaban J connectivity index is 1.76. The smallest absolute Gasteiger partial charge is 0.330 e. The second-order valence-electron chi connectivity index (χ2n) is 6.46. The van der Waals surface area contributed by atoms with Gasteiger partial charge >= 0.3 is 6.18 Å². The molecule has 2 heterocycles. The highest BCUT2D eigenvalue weighted by molar-refractivity contribution is 7.89. The summed E-state index contributed by atoms with van der Waals surface area (Å²) in [5.41, 5.74) is -0.486. The van der Waals surface area contributed by atoms with E-state index in [9.17, 15) is 21.6 Å². The highest BCUT2D eigenvalue weighted by Crippen LogP contribution is 2.32. The van der Waals surface area contributed by atoms with Crippen molar-refractivity contribution >= 4 is 21.6 Å². The molecule has 0 spiro atoms. The summed E-state index contributed by atoms with van der Waals surface area (Å²) in [7, 11) is -3.89. The van der Waals surface area contributed by atoms with Crippen LogP contribution < -0.4 is 5.14 Å². The molecular formula is C19H11ClF3N5O3S. The number of primary sulfonamides is 1. The van der Waals surface area contributed by atoms with E-state index in [2.05, 4.69) is 20.1 Å². The first-order valence-electron chi connectivity index (χ1n) is 8.70. The molecule has 32 heavy (non-hydrogen) atoms. The highest BCUT2D eigenvalue weighted by Gasteiger charge is 2.34. The molecule has 0 atom stereocenters. The average Bonchev–Trinajstić information content (AvgIpc) is 3.23. The van der Waals surface area contributed by atoms with Gasteiger partial charge in [-0.05, 0) is 42.5 Å². The summed E-state index contributed by atoms with van der Waals surface area (Å²) >= 11 is 5.84. The molecule has 0 saturated heterocycles. The van der Waals surface area contributed by atoms with Gasteiger partial charge in [-0.25, -0.2) is 23.5 Å². The maximum Gasteiger partial charge on any atom is 0.433 e. The largest absolute Gasteiger partial charge is 0.433 e. The van der Waals surface area contributed by atoms with E-state index in [1.54, 1.807) is 0 Å². The minimum atomic E-state index is -4.74. The van der Waals surface area contributed by atoms with E-state index in [0.29, 0.717) is 16.1 Å². The highest BCUT2D eigenvalue weighted by atomic mass is 35.5. The number of hydrogen-bond acceptors (Lipinski definition) is 7. The SMILES string of the molecule is NS(=O)(=O)c1ccc(-c2noc(-c3nc(-c4ccc(Cl)cc4)cc(C(F)(F)F)n3)n2)cc1. The quantitative estimate of drug-likeness (QED) is 0.463. The van der Waals surface area contributed by atoms with E-state index in [1.807, 2.05) is 0 Å². The van der Waals surface area contributed by atoms with Crippen LogP contribution in [-0.4, -0.2) is 28.5 Å². The van der Waals surface area contributed by atoms with Crippen LogP contribution in [0.15, 0.2) is 64.0 Å². The van der Waals surface area contributed by atoms with Gasteiger partial charge in [-0.15, -0.1) is 0 Å². The van der Waals surface area contributed by atoms with Crippen molar-refractivity contribution < 1.29 is 26.1 Å². The van der Waals surface area contributed by atoms with Gasteiger partial charge in [0, 0.05) is 16.1 Å². The van der Waals surface area contributed by atoms with Crippen molar-refractivity contribution in [2.75, 3.05) is 0 Å². The van der Waals surface area contributed by atoms with Gasteiger partial charge in [0.25, 0.3) is 5.89 Å². The van der Waals surface area contributed by atoms with Crippen LogP contribution in [0.4, 0.5) is 13.2 Å². The molecule has 0 aliphatic carbocycles. The molecule has 0 unspecified atom stereocenters. The minimum Gasteiger partial charge on any atom is -0.330 e. The molecule has 2 aromatic carbocycles. The van der Waals surface area contributed by atoms with E-state index < -0.39 is 27.7 Å². The Kier molecular flexibility index (Phi) is 5.44. The van der Waals surface area contributed by atoms with Gasteiger partial charge in [0.15, 0.2) is 0 Å². The van der Waals surface area contributed by atoms with Gasteiger partial charge in [0.1, 0.15) is 5.69 Å². The molecule has 2 aromatic heterocycles. The molecule has 0 bridgehead atoms. The second kappa shape index (κ2) is 7.97. The zero-order valence-corrected chi connectivity index (χ0v) is 17.3. The molecule has 0 saturated carbocycles. The number of nitrogens with two attached hydrogens (primary N) is 1. The van der Waals surface area contributed by atoms with Gasteiger partial charge in [-0.3, -0.25) is 0 Å². The molecule has 4 aromatic rings. The Labute approximate surface area is 183 Å². The molecule has 4 rings (SSSR count). The van der Waals surface area contributed by atoms with Crippen LogP contribution >= 0.6 is 11.6 Å². The van der Waals surface area contributed by atoms with Gasteiger partial charge in [-0.2, -0.15) is 18.2 Å². The Morgan fingerprint density at radius 2 is 1.50 bits per heavy atom. The van der Waals surface area contributed by atoms with Crippen LogP contribution in [0.2, 0.25) is 5.02 Å². The van der Waals surface area contributed by atoms with Crippen molar-refractivity contribution in [1.82, 2.24) is 20.1 Å². The zero-order valence-electron chi connectivity index (χ0n) is 15.7. The predicted octanol–water partition coefficient (Wildman–Crippen LogP) is 4.18. The number of alkyl halides is 3. The first kappa shape index (κ1) is 21.9. The first-order valence-corrected chi connectivity index (χ1v) is 10.6. The summed E-state index contributed by atoms with van der Waals surface area (Å²) in [6.45, 7) is 0. The van der Waals surface area contributed by atoms with Crippen molar-refractivity contribution in [2.24, 2.45) is 5.14 Å². The van der Waals surface area contributed by atoms with Crippen LogP contribution in [0.25, 0.3) is 34.4 Å². The second-order valence-corrected chi connectivity index (χ2v) is 8.46. The first-order chi connectivity index (χ1) is 15.0. The number of halogens is 4. The van der Waals surface area contributed by atoms with Crippen molar-refractivity contribution in [3.63, 3.8) is 0 Å². The molecule has 0 radical (unpaired) electrons. The lowest BCUT2D eigenvalue weighted by Crippen LogP contribution is -2.11. The van der Waals surface area contributed by atoms with Crippen LogP contribution in [0.5, 0.6) is 0 Å². The lowest BCUT2D eigenvalue weighted by molar-refractivity contribution is -0.141. The van der Waals surface area contributed by atoms with Crippen molar-refractivity contribution in [3.05, 3.63) is 65.3 Å². The minimum absolute atomic E-state index is 0.00461. The van der Waals surface area contributed by atoms with E-state index in [1.165, 1.54) is 48.5 Å². The van der Waals surface area contributed by atoms with E-state index in [-0.39, 0.29) is 22.3 Å². The standard InChI is InChI=1S/C19H11ClF3N5O3S/c20-12-5-1-10(2-6-12)14-9-15(19(21,22)23)26-17(25-14)18-27-16(28-31-18)11-3-7-13(8-4-11)32(24,29)30/h1-9H,(H2,24,29,30). The zero-order chi connectivity index (χ0) is 23.1. The van der Waals surface area contributed by atoms with E-state index in [0.717, 1.165) is 6.07 Å². The van der Waals surface area contributed by atoms with E-state index in [4.69, 9.17) is 21.3 Å². The number of hydrogen-bond donors (Lipinski definition) is 1. The monoisotopic (exact) mass is 481 g/mol. The van der Waals surface area contributed by atoms with Gasteiger partial charge in [-0.1, -0.05) is 28.9 Å². The third-order valence-electron chi connectivity index (χ3n) is 4.21. The molecule has 164 valence electrons. The van der Waals surface area contributed by atoms with Crippen molar-refractivity contribution in [1.29, 1.82) is 0 Å². The van der Waals surface area contributed by atoms with Crippen molar-refractivity contribution in [3.8, 4) is 34.4 Å². The molecule has 0 fully saturated rings. The third kappa shape index (κ3) is 4.61. The fourth-order valence-corrected chi connectivity index (χ4v) is 3.32. The summed E-state index contributed by atoms with van der Waals surface area (Å²) < 4.78 is 68.0. The Hall–Kier alpha value is -3.35. The molecule has 0 aliphatic rings. The third-order valence-corrected chi connectivity index (χ3v) is 5.40. The number of rotatable bonds is 4. The van der Waals surface area contributed by atoms with Gasteiger partial charge in [0.05, 0.1) is 10.6 Å². The Bertz CT molecular complexity index is 1390. The maximum atomic E-state index is 13.4. The summed E-state index contributed by atoms with van der Waals surface area (Å²) in [6.07, 6.45) is -4.74. The number of nitrogens with zero attached hydrogens (tertiary/aromatic N) is 4. The van der Waals surface area contributed by atoms with Crippen LogP contribution in [-0.2, 0) is 16.2 Å². The lowest BCUT2D eigenvalue weighted by atomic mass is 10.1. The van der Waals surface area contributed by atoms with E-state index >= 15 is 0 Å². The fourth-order valence-electron chi connectivity index (χ4n) is 2.68. The summed E-state index contributed by atoms with van der Waals surface area (Å²) in [6, 6.07) is 12.1. The summed E-state index contributed by atoms with van der Waals surface area (Å²) in [5, 5.41) is 9.18. The molecule has 0 amide bonds. The predicted molar refractivity (Wildman–Crippen MR) is 108 cm³/mol. The number of benzene rings is 2. The summed E-state index contributed by atoms with van der Waals surface area (Å²) in [4.78, 5) is 11.6. The number of aromatic nitrogens is 4.